The molecule has 0 aliphatic carbocycles. The third kappa shape index (κ3) is 9.21. The number of carboxylic acids is 3. The van der Waals surface area contributed by atoms with E-state index in [1.807, 2.05) is 0 Å². The van der Waals surface area contributed by atoms with E-state index in [9.17, 15) is 39.9 Å². The number of rotatable bonds is 15. The molecule has 0 spiro atoms. The van der Waals surface area contributed by atoms with Crippen molar-refractivity contribution >= 4 is 17.9 Å². The highest BCUT2D eigenvalue weighted by molar-refractivity contribution is 5.75. The molecule has 3 rings (SSSR count). The first-order valence-corrected chi connectivity index (χ1v) is 12.7. The molecule has 0 saturated heterocycles. The van der Waals surface area contributed by atoms with Crippen LogP contribution >= 0.6 is 0 Å². The van der Waals surface area contributed by atoms with Gasteiger partial charge in [-0.05, 0) is 60.2 Å². The molecule has 0 aromatic heterocycles. The zero-order valence-electron chi connectivity index (χ0n) is 22.0. The predicted octanol–water partition coefficient (Wildman–Crippen LogP) is 1.33. The third-order valence-corrected chi connectivity index (χ3v) is 6.55. The molecule has 0 bridgehead atoms. The Labute approximate surface area is 235 Å². The minimum atomic E-state index is -1.16. The van der Waals surface area contributed by atoms with Crippen molar-refractivity contribution in [2.24, 2.45) is 5.73 Å². The molecule has 0 radical (unpaired) electrons. The second-order valence-electron chi connectivity index (χ2n) is 9.69. The molecular weight excluding hydrogens is 534 g/mol. The van der Waals surface area contributed by atoms with Crippen LogP contribution in [0.25, 0.3) is 0 Å². The fourth-order valence-electron chi connectivity index (χ4n) is 4.22. The molecule has 12 heteroatoms. The average Bonchev–Trinajstić information content (AvgIpc) is 2.92. The Morgan fingerprint density at radius 3 is 1.46 bits per heavy atom. The quantitative estimate of drug-likeness (QED) is 0.127. The molecule has 41 heavy (non-hydrogen) atoms. The second-order valence-corrected chi connectivity index (χ2v) is 9.69. The highest BCUT2D eigenvalue weighted by atomic mass is 16.4. The lowest BCUT2D eigenvalue weighted by molar-refractivity contribution is -0.140. The lowest BCUT2D eigenvalue weighted by atomic mass is 10.0. The second kappa shape index (κ2) is 14.1. The number of carbonyl (C=O) groups is 3. The number of carboxylic acid groups (broad SMARTS) is 3. The van der Waals surface area contributed by atoms with Gasteiger partial charge >= 0.3 is 17.9 Å². The van der Waals surface area contributed by atoms with Crippen molar-refractivity contribution in [2.75, 3.05) is 0 Å². The number of aliphatic carboxylic acids is 3. The molecule has 3 aromatic carbocycles. The Morgan fingerprint density at radius 2 is 1.02 bits per heavy atom. The molecular formula is C29H33N3O9. The van der Waals surface area contributed by atoms with Gasteiger partial charge in [0, 0.05) is 24.2 Å². The van der Waals surface area contributed by atoms with Gasteiger partial charge in [0.2, 0.25) is 0 Å². The largest absolute Gasteiger partial charge is 0.508 e. The number of phenols is 3. The van der Waals surface area contributed by atoms with Crippen LogP contribution in [0.5, 0.6) is 17.2 Å². The van der Waals surface area contributed by atoms with Crippen LogP contribution in [0.4, 0.5) is 0 Å². The van der Waals surface area contributed by atoms with E-state index in [2.05, 4.69) is 10.6 Å². The molecule has 218 valence electrons. The number of hydrogen-bond donors (Lipinski definition) is 9. The summed E-state index contributed by atoms with van der Waals surface area (Å²) in [5, 5.41) is 64.2. The van der Waals surface area contributed by atoms with Crippen molar-refractivity contribution in [3.8, 4) is 17.2 Å². The number of nitrogens with two attached hydrogens (primary N) is 1. The Kier molecular flexibility index (Phi) is 10.6. The van der Waals surface area contributed by atoms with E-state index in [0.717, 1.165) is 0 Å². The van der Waals surface area contributed by atoms with E-state index in [1.54, 1.807) is 36.4 Å². The molecule has 0 amide bonds. The molecule has 10 N–H and O–H groups in total. The van der Waals surface area contributed by atoms with E-state index in [1.165, 1.54) is 24.3 Å². The highest BCUT2D eigenvalue weighted by Gasteiger charge is 2.21. The summed E-state index contributed by atoms with van der Waals surface area (Å²) >= 11 is 0. The number of phenolic OH excluding ortho intramolecular Hbond substituents is 3. The van der Waals surface area contributed by atoms with Crippen molar-refractivity contribution in [1.82, 2.24) is 10.6 Å². The zero-order chi connectivity index (χ0) is 30.1. The molecule has 0 unspecified atom stereocenters. The normalized spacial score (nSPS) is 13.3. The van der Waals surface area contributed by atoms with E-state index in [4.69, 9.17) is 10.8 Å². The van der Waals surface area contributed by atoms with Crippen molar-refractivity contribution in [1.29, 1.82) is 0 Å². The van der Waals surface area contributed by atoms with Crippen molar-refractivity contribution in [3.63, 3.8) is 0 Å². The molecule has 3 atom stereocenters. The molecule has 3 aromatic rings. The van der Waals surface area contributed by atoms with Crippen LogP contribution in [-0.2, 0) is 46.7 Å². The van der Waals surface area contributed by atoms with Crippen LogP contribution in [0.15, 0.2) is 60.7 Å². The van der Waals surface area contributed by atoms with Crippen LogP contribution in [0, 0.1) is 0 Å². The van der Waals surface area contributed by atoms with Gasteiger partial charge < -0.3 is 36.4 Å². The molecule has 0 saturated carbocycles. The first-order chi connectivity index (χ1) is 19.4. The van der Waals surface area contributed by atoms with Crippen LogP contribution in [0.3, 0.4) is 0 Å². The summed E-state index contributed by atoms with van der Waals surface area (Å²) in [6.07, 6.45) is 0.188. The Bertz CT molecular complexity index is 1380. The first-order valence-electron chi connectivity index (χ1n) is 12.7. The summed E-state index contributed by atoms with van der Waals surface area (Å²) in [5.41, 5.74) is 8.16. The van der Waals surface area contributed by atoms with Gasteiger partial charge in [-0.25, -0.2) is 0 Å². The van der Waals surface area contributed by atoms with Gasteiger partial charge in [0.1, 0.15) is 35.4 Å². The van der Waals surface area contributed by atoms with Crippen molar-refractivity contribution in [3.05, 3.63) is 88.5 Å². The first kappa shape index (κ1) is 30.9. The predicted molar refractivity (Wildman–Crippen MR) is 148 cm³/mol. The lowest BCUT2D eigenvalue weighted by Gasteiger charge is -2.18. The van der Waals surface area contributed by atoms with Gasteiger partial charge in [0.05, 0.1) is 0 Å². The fraction of sp³-hybridized carbons (Fsp3) is 0.276. The maximum absolute atomic E-state index is 12.0. The minimum Gasteiger partial charge on any atom is -0.508 e. The third-order valence-electron chi connectivity index (χ3n) is 6.55. The highest BCUT2D eigenvalue weighted by Crippen LogP contribution is 2.22. The Balaban J connectivity index is 1.67. The lowest BCUT2D eigenvalue weighted by Crippen LogP contribution is -2.38. The van der Waals surface area contributed by atoms with Crippen LogP contribution in [-0.4, -0.2) is 66.7 Å². The van der Waals surface area contributed by atoms with Crippen LogP contribution in [0.2, 0.25) is 0 Å². The number of nitrogens with one attached hydrogen (secondary N) is 2. The summed E-state index contributed by atoms with van der Waals surface area (Å²) in [6, 6.07) is 12.0. The van der Waals surface area contributed by atoms with Gasteiger partial charge in [0.25, 0.3) is 0 Å². The Hall–Kier alpha value is -4.65. The summed E-state index contributed by atoms with van der Waals surface area (Å²) in [4.78, 5) is 34.8. The molecule has 0 aliphatic heterocycles. The van der Waals surface area contributed by atoms with Gasteiger partial charge in [-0.3, -0.25) is 25.0 Å². The summed E-state index contributed by atoms with van der Waals surface area (Å²) < 4.78 is 0. The SMILES string of the molecule is N[C@@H](Cc1ccc(O)c(CN[C@@H](Cc2ccc(O)c(CN[C@@H](Cc3ccc(O)cc3)C(=O)O)c2)C(=O)O)c1)C(=O)O. The topological polar surface area (TPSA) is 223 Å². The monoisotopic (exact) mass is 567 g/mol. The van der Waals surface area contributed by atoms with E-state index in [0.29, 0.717) is 27.8 Å². The minimum absolute atomic E-state index is 0.000958. The summed E-state index contributed by atoms with van der Waals surface area (Å²) in [7, 11) is 0. The molecule has 12 nitrogen and oxygen atoms in total. The van der Waals surface area contributed by atoms with Crippen molar-refractivity contribution in [2.45, 2.75) is 50.5 Å². The van der Waals surface area contributed by atoms with Crippen molar-refractivity contribution < 1.29 is 45.0 Å². The van der Waals surface area contributed by atoms with E-state index >= 15 is 0 Å². The molecule has 0 fully saturated rings. The molecule has 0 aliphatic rings. The van der Waals surface area contributed by atoms with Gasteiger partial charge in [-0.15, -0.1) is 0 Å². The standard InChI is InChI=1S/C29H33N3O9/c30-22(27(36)37)11-17-3-7-25(34)19(9-17)14-32-24(29(40)41)13-18-4-8-26(35)20(10-18)15-31-23(28(38)39)12-16-1-5-21(33)6-2-16/h1-10,22-24,31-35H,11-15,30H2,(H,36,37)(H,38,39)(H,40,41)/t22-,23-,24-/m0/s1. The average molecular weight is 568 g/mol. The zero-order valence-corrected chi connectivity index (χ0v) is 22.0. The molecule has 0 heterocycles. The van der Waals surface area contributed by atoms with Crippen LogP contribution < -0.4 is 16.4 Å². The number of hydrogen-bond acceptors (Lipinski definition) is 9. The van der Waals surface area contributed by atoms with Crippen LogP contribution in [0.1, 0.15) is 27.8 Å². The Morgan fingerprint density at radius 1 is 0.610 bits per heavy atom. The van der Waals surface area contributed by atoms with E-state index in [-0.39, 0.29) is 49.6 Å². The maximum atomic E-state index is 12.0. The summed E-state index contributed by atoms with van der Waals surface area (Å²) in [5.74, 6) is -3.52. The maximum Gasteiger partial charge on any atom is 0.321 e. The van der Waals surface area contributed by atoms with Gasteiger partial charge in [0.15, 0.2) is 0 Å². The number of aromatic hydroxyl groups is 3. The summed E-state index contributed by atoms with van der Waals surface area (Å²) in [6.45, 7) is -0.0258. The number of benzene rings is 3. The van der Waals surface area contributed by atoms with E-state index < -0.39 is 36.0 Å². The fourth-order valence-corrected chi connectivity index (χ4v) is 4.22. The smallest absolute Gasteiger partial charge is 0.321 e. The van der Waals surface area contributed by atoms with Gasteiger partial charge in [-0.1, -0.05) is 36.4 Å². The van der Waals surface area contributed by atoms with Gasteiger partial charge in [-0.2, -0.15) is 0 Å².